The quantitative estimate of drug-likeness (QED) is 0.106. The number of methoxy groups -OCH3 is 1. The summed E-state index contributed by atoms with van der Waals surface area (Å²) < 4.78 is 69.9. The summed E-state index contributed by atoms with van der Waals surface area (Å²) in [4.78, 5) is 24.8. The third-order valence-corrected chi connectivity index (χ3v) is 6.97. The van der Waals surface area contributed by atoms with Gasteiger partial charge < -0.3 is 23.0 Å². The summed E-state index contributed by atoms with van der Waals surface area (Å²) in [5, 5.41) is 1.33. The van der Waals surface area contributed by atoms with E-state index in [2.05, 4.69) is 0 Å². The third kappa shape index (κ3) is 6.17. The van der Waals surface area contributed by atoms with Crippen LogP contribution in [-0.2, 0) is 19.9 Å². The summed E-state index contributed by atoms with van der Waals surface area (Å²) in [7, 11) is 0.847. The number of esters is 1. The monoisotopic (exact) mass is 572 g/mol. The number of hydrogen-bond acceptors (Lipinski definition) is 7. The molecule has 0 N–H and O–H groups in total. The summed E-state index contributed by atoms with van der Waals surface area (Å²) in [5.74, 6) is -1.26. The van der Waals surface area contributed by atoms with Gasteiger partial charge in [-0.1, -0.05) is 49.8 Å². The lowest BCUT2D eigenvalue weighted by atomic mass is 9.92. The van der Waals surface area contributed by atoms with Crippen LogP contribution in [0.4, 0.5) is 13.2 Å². The Hall–Kier alpha value is -4.05. The molecule has 0 fully saturated rings. The van der Waals surface area contributed by atoms with E-state index in [0.29, 0.717) is 40.5 Å². The van der Waals surface area contributed by atoms with Crippen LogP contribution >= 0.6 is 0 Å². The van der Waals surface area contributed by atoms with E-state index < -0.39 is 29.5 Å². The Kier molecular flexibility index (Phi) is 8.92. The molecule has 0 unspecified atom stereocenters. The van der Waals surface area contributed by atoms with Gasteiger partial charge in [0.05, 0.1) is 17.0 Å². The first kappa shape index (κ1) is 29.9. The minimum absolute atomic E-state index is 0.172. The highest BCUT2D eigenvalue weighted by molar-refractivity contribution is 6.01. The molecule has 4 rings (SSSR count). The van der Waals surface area contributed by atoms with Gasteiger partial charge in [-0.05, 0) is 43.9 Å². The summed E-state index contributed by atoms with van der Waals surface area (Å²) in [6.07, 6.45) is -1.75. The highest BCUT2D eigenvalue weighted by Crippen LogP contribution is 2.43. The number of furan rings is 1. The van der Waals surface area contributed by atoms with Crippen molar-refractivity contribution >= 4 is 27.9 Å². The molecule has 0 saturated heterocycles. The van der Waals surface area contributed by atoms with Crippen LogP contribution in [-0.4, -0.2) is 32.0 Å². The molecular weight excluding hydrogens is 541 g/mol. The lowest BCUT2D eigenvalue weighted by Crippen LogP contribution is -2.52. The van der Waals surface area contributed by atoms with Crippen molar-refractivity contribution in [2.45, 2.75) is 51.5 Å². The summed E-state index contributed by atoms with van der Waals surface area (Å²) in [6, 6.07) is 13.1. The number of ether oxygens (including phenoxy) is 3. The standard InChI is InChI=1S/C31H31F3O7/c1-19(2)24(41-29(36)30(37-4,31(32,33)34)21-8-6-5-7-9-21)12-10-20(3)14-16-39-28-22-11-13-27(35)40-26(22)18-25-23(28)15-17-38-25/h5-9,11,13-15,17-19,24H,10,12,16H2,1-4H3/b20-14+/t24-,30+/m1/s1. The first-order valence-corrected chi connectivity index (χ1v) is 13.1. The lowest BCUT2D eigenvalue weighted by molar-refractivity contribution is -0.279. The Morgan fingerprint density at radius 3 is 2.39 bits per heavy atom. The second kappa shape index (κ2) is 12.2. The van der Waals surface area contributed by atoms with Crippen LogP contribution in [0.25, 0.3) is 21.9 Å². The van der Waals surface area contributed by atoms with Crippen molar-refractivity contribution < 1.29 is 41.0 Å². The molecule has 0 spiro atoms. The number of halogens is 3. The molecule has 0 amide bonds. The first-order valence-electron chi connectivity index (χ1n) is 13.1. The van der Waals surface area contributed by atoms with E-state index in [1.54, 1.807) is 38.1 Å². The van der Waals surface area contributed by atoms with Gasteiger partial charge in [0, 0.05) is 24.8 Å². The molecule has 0 radical (unpaired) electrons. The zero-order chi connectivity index (χ0) is 29.8. The normalized spacial score (nSPS) is 14.8. The van der Waals surface area contributed by atoms with Crippen LogP contribution in [0.15, 0.2) is 86.1 Å². The second-order valence-electron chi connectivity index (χ2n) is 10.0. The smallest absolute Gasteiger partial charge is 0.432 e. The zero-order valence-corrected chi connectivity index (χ0v) is 23.1. The minimum atomic E-state index is -5.04. The van der Waals surface area contributed by atoms with Crippen LogP contribution in [0, 0.1) is 5.92 Å². The van der Waals surface area contributed by atoms with E-state index in [-0.39, 0.29) is 18.1 Å². The fourth-order valence-electron chi connectivity index (χ4n) is 4.64. The fraction of sp³-hybridized carbons (Fsp3) is 0.355. The van der Waals surface area contributed by atoms with Crippen LogP contribution in [0.5, 0.6) is 5.75 Å². The molecule has 0 aliphatic carbocycles. The molecule has 218 valence electrons. The molecule has 0 bridgehead atoms. The molecule has 4 aromatic rings. The van der Waals surface area contributed by atoms with Gasteiger partial charge in [-0.2, -0.15) is 13.2 Å². The van der Waals surface area contributed by atoms with Crippen molar-refractivity contribution in [3.05, 3.63) is 88.5 Å². The Morgan fingerprint density at radius 2 is 1.73 bits per heavy atom. The van der Waals surface area contributed by atoms with E-state index in [1.165, 1.54) is 36.6 Å². The van der Waals surface area contributed by atoms with E-state index in [0.717, 1.165) is 12.7 Å². The molecule has 2 heterocycles. The number of hydrogen-bond donors (Lipinski definition) is 0. The number of rotatable bonds is 11. The number of carbonyl (C=O) groups is 1. The second-order valence-corrected chi connectivity index (χ2v) is 10.0. The average molecular weight is 573 g/mol. The van der Waals surface area contributed by atoms with Crippen LogP contribution < -0.4 is 10.4 Å². The molecular formula is C31H31F3O7. The van der Waals surface area contributed by atoms with Crippen molar-refractivity contribution in [3.8, 4) is 5.75 Å². The van der Waals surface area contributed by atoms with Crippen molar-refractivity contribution in [1.82, 2.24) is 0 Å². The predicted molar refractivity (Wildman–Crippen MR) is 147 cm³/mol. The maximum Gasteiger partial charge on any atom is 0.432 e. The number of allylic oxidation sites excluding steroid dienone is 1. The topological polar surface area (TPSA) is 88.1 Å². The van der Waals surface area contributed by atoms with E-state index in [1.807, 2.05) is 13.0 Å². The Bertz CT molecular complexity index is 1580. The number of carbonyl (C=O) groups excluding carboxylic acids is 1. The van der Waals surface area contributed by atoms with Gasteiger partial charge in [0.1, 0.15) is 29.6 Å². The first-order chi connectivity index (χ1) is 19.5. The van der Waals surface area contributed by atoms with E-state index in [4.69, 9.17) is 23.0 Å². The van der Waals surface area contributed by atoms with E-state index >= 15 is 0 Å². The van der Waals surface area contributed by atoms with Crippen molar-refractivity contribution in [1.29, 1.82) is 0 Å². The maximum absolute atomic E-state index is 14.3. The van der Waals surface area contributed by atoms with Crippen molar-refractivity contribution in [2.24, 2.45) is 5.92 Å². The number of alkyl halides is 3. The Morgan fingerprint density at radius 1 is 1.02 bits per heavy atom. The average Bonchev–Trinajstić information content (AvgIpc) is 3.39. The van der Waals surface area contributed by atoms with Gasteiger partial charge in [-0.25, -0.2) is 9.59 Å². The molecule has 0 saturated carbocycles. The molecule has 0 aliphatic rings. The lowest BCUT2D eigenvalue weighted by Gasteiger charge is -2.34. The molecule has 41 heavy (non-hydrogen) atoms. The molecule has 7 nitrogen and oxygen atoms in total. The number of benzene rings is 2. The van der Waals surface area contributed by atoms with Gasteiger partial charge in [-0.3, -0.25) is 0 Å². The highest BCUT2D eigenvalue weighted by atomic mass is 19.4. The molecule has 0 aliphatic heterocycles. The molecule has 2 aromatic carbocycles. The largest absolute Gasteiger partial charge is 0.488 e. The summed E-state index contributed by atoms with van der Waals surface area (Å²) >= 11 is 0. The molecule has 2 aromatic heterocycles. The van der Waals surface area contributed by atoms with Crippen molar-refractivity contribution in [3.63, 3.8) is 0 Å². The third-order valence-electron chi connectivity index (χ3n) is 6.97. The van der Waals surface area contributed by atoms with Crippen LogP contribution in [0.2, 0.25) is 0 Å². The van der Waals surface area contributed by atoms with E-state index in [9.17, 15) is 22.8 Å². The van der Waals surface area contributed by atoms with Gasteiger partial charge >= 0.3 is 17.8 Å². The SMILES string of the molecule is CO[C@](C(=O)O[C@H](CC/C(C)=C/COc1c2ccoc2cc2oc(=O)ccc12)C(C)C)(c1ccccc1)C(F)(F)F. The molecule has 2 atom stereocenters. The predicted octanol–water partition coefficient (Wildman–Crippen LogP) is 7.32. The van der Waals surface area contributed by atoms with Crippen molar-refractivity contribution in [2.75, 3.05) is 13.7 Å². The van der Waals surface area contributed by atoms with Gasteiger partial charge in [0.25, 0.3) is 5.60 Å². The summed E-state index contributed by atoms with van der Waals surface area (Å²) in [5.41, 5.74) is -2.36. The van der Waals surface area contributed by atoms with Gasteiger partial charge in [0.2, 0.25) is 0 Å². The maximum atomic E-state index is 14.3. The Balaban J connectivity index is 1.46. The summed E-state index contributed by atoms with van der Waals surface area (Å²) in [6.45, 7) is 5.59. The fourth-order valence-corrected chi connectivity index (χ4v) is 4.64. The molecule has 10 heteroatoms. The highest BCUT2D eigenvalue weighted by Gasteiger charge is 2.64. The minimum Gasteiger partial charge on any atom is -0.488 e. The van der Waals surface area contributed by atoms with Gasteiger partial charge in [-0.15, -0.1) is 0 Å². The van der Waals surface area contributed by atoms with Gasteiger partial charge in [0.15, 0.2) is 0 Å². The Labute approximate surface area is 234 Å². The van der Waals surface area contributed by atoms with Crippen LogP contribution in [0.3, 0.4) is 0 Å². The van der Waals surface area contributed by atoms with Crippen LogP contribution in [0.1, 0.15) is 39.2 Å². The number of fused-ring (bicyclic) bond motifs is 2. The zero-order valence-electron chi connectivity index (χ0n) is 23.1.